The number of aliphatic hydroxyl groups excluding tert-OH is 1. The number of thioether (sulfide) groups is 1. The Hall–Kier alpha value is -1.00. The molecule has 164 valence electrons. The summed E-state index contributed by atoms with van der Waals surface area (Å²) in [5.41, 5.74) is -0.529. The molecule has 1 aromatic carbocycles. The fraction of sp³-hybridized carbons (Fsp3) is 0.731. The minimum atomic E-state index is -0.604. The molecule has 0 amide bonds. The van der Waals surface area contributed by atoms with E-state index in [0.717, 1.165) is 44.3 Å². The average molecular weight is 429 g/mol. The Balaban J connectivity index is 1.41. The second-order valence-electron chi connectivity index (χ2n) is 11.2. The third-order valence-corrected chi connectivity index (χ3v) is 11.3. The van der Waals surface area contributed by atoms with E-state index >= 15 is 0 Å². The van der Waals surface area contributed by atoms with E-state index in [1.165, 1.54) is 17.7 Å². The Morgan fingerprint density at radius 2 is 1.80 bits per heavy atom. The Morgan fingerprint density at radius 3 is 2.53 bits per heavy atom. The van der Waals surface area contributed by atoms with Crippen LogP contribution in [0.1, 0.15) is 65.2 Å². The molecule has 2 bridgehead atoms. The number of fused-ring (bicyclic) bond motifs is 3. The molecule has 5 aliphatic rings. The first-order chi connectivity index (χ1) is 14.3. The maximum atomic E-state index is 12.3. The topological polar surface area (TPSA) is 57.5 Å². The summed E-state index contributed by atoms with van der Waals surface area (Å²) >= 11 is 1.89. The van der Waals surface area contributed by atoms with Gasteiger partial charge in [-0.05, 0) is 98.5 Å². The Kier molecular flexibility index (Phi) is 5.06. The summed E-state index contributed by atoms with van der Waals surface area (Å²) in [6.07, 6.45) is 8.28. The van der Waals surface area contributed by atoms with Crippen molar-refractivity contribution in [3.05, 3.63) is 30.3 Å². The number of carboxylic acid groups (broad SMARTS) is 1. The van der Waals surface area contributed by atoms with E-state index in [4.69, 9.17) is 0 Å². The first kappa shape index (κ1) is 20.9. The van der Waals surface area contributed by atoms with Crippen molar-refractivity contribution in [1.82, 2.24) is 0 Å². The molecular formula is C26H36O3S. The summed E-state index contributed by atoms with van der Waals surface area (Å²) in [5, 5.41) is 21.8. The van der Waals surface area contributed by atoms with Gasteiger partial charge >= 0.3 is 5.97 Å². The van der Waals surface area contributed by atoms with Crippen molar-refractivity contribution < 1.29 is 15.0 Å². The van der Waals surface area contributed by atoms with Gasteiger partial charge in [0.2, 0.25) is 0 Å². The molecule has 2 N–H and O–H groups in total. The molecule has 0 aromatic heterocycles. The first-order valence-corrected chi connectivity index (χ1v) is 12.9. The second kappa shape index (κ2) is 7.27. The summed E-state index contributed by atoms with van der Waals surface area (Å²) in [4.78, 5) is 13.6. The zero-order chi connectivity index (χ0) is 21.1. The molecule has 8 atom stereocenters. The van der Waals surface area contributed by atoms with Crippen molar-refractivity contribution in [1.29, 1.82) is 0 Å². The lowest BCUT2D eigenvalue weighted by molar-refractivity contribution is -0.241. The largest absolute Gasteiger partial charge is 0.481 e. The lowest BCUT2D eigenvalue weighted by Gasteiger charge is -2.70. The van der Waals surface area contributed by atoms with Crippen LogP contribution in [0.15, 0.2) is 35.2 Å². The van der Waals surface area contributed by atoms with Gasteiger partial charge in [0.25, 0.3) is 0 Å². The van der Waals surface area contributed by atoms with E-state index in [1.54, 1.807) is 0 Å². The van der Waals surface area contributed by atoms with Gasteiger partial charge in [-0.1, -0.05) is 31.5 Å². The molecule has 5 saturated carbocycles. The molecule has 0 radical (unpaired) electrons. The molecule has 5 aliphatic carbocycles. The minimum absolute atomic E-state index is 0.0126. The highest BCUT2D eigenvalue weighted by Gasteiger charge is 2.68. The van der Waals surface area contributed by atoms with Crippen LogP contribution in [0.3, 0.4) is 0 Å². The lowest BCUT2D eigenvalue weighted by atomic mass is 9.35. The Labute approximate surface area is 185 Å². The Bertz CT molecular complexity index is 812. The van der Waals surface area contributed by atoms with E-state index in [-0.39, 0.29) is 22.9 Å². The van der Waals surface area contributed by atoms with Crippen LogP contribution in [0.2, 0.25) is 0 Å². The standard InChI is InChI=1S/C26H36O3S/c1-24-11-6-12-25(2,23(28)29)20(24)10-14-26-13-9-17(15-21(24)26)19(22(26)27)16-30-18-7-4-3-5-8-18/h3-5,7-8,17,19-22,27H,6,9-16H2,1-2H3,(H,28,29)/t17-,19-,20-,21-,22+,24+,25+,26-/m0/s1. The van der Waals surface area contributed by atoms with Crippen LogP contribution >= 0.6 is 11.8 Å². The van der Waals surface area contributed by atoms with E-state index in [0.29, 0.717) is 17.8 Å². The molecule has 3 nitrogen and oxygen atoms in total. The first-order valence-electron chi connectivity index (χ1n) is 11.9. The van der Waals surface area contributed by atoms with Crippen LogP contribution < -0.4 is 0 Å². The third-order valence-electron chi connectivity index (χ3n) is 10.2. The Morgan fingerprint density at radius 1 is 1.07 bits per heavy atom. The monoisotopic (exact) mass is 428 g/mol. The predicted octanol–water partition coefficient (Wildman–Crippen LogP) is 5.86. The molecule has 0 saturated heterocycles. The van der Waals surface area contributed by atoms with Gasteiger partial charge in [-0.2, -0.15) is 0 Å². The summed E-state index contributed by atoms with van der Waals surface area (Å²) in [7, 11) is 0. The zero-order valence-electron chi connectivity index (χ0n) is 18.3. The van der Waals surface area contributed by atoms with Crippen LogP contribution in [0.4, 0.5) is 0 Å². The van der Waals surface area contributed by atoms with E-state index < -0.39 is 11.4 Å². The molecule has 30 heavy (non-hydrogen) atoms. The minimum Gasteiger partial charge on any atom is -0.481 e. The summed E-state index contributed by atoms with van der Waals surface area (Å²) in [5.74, 6) is 2.07. The van der Waals surface area contributed by atoms with Gasteiger partial charge in [0.05, 0.1) is 11.5 Å². The summed E-state index contributed by atoms with van der Waals surface area (Å²) in [6.45, 7) is 4.40. The summed E-state index contributed by atoms with van der Waals surface area (Å²) < 4.78 is 0. The third kappa shape index (κ3) is 2.85. The highest BCUT2D eigenvalue weighted by Crippen LogP contribution is 2.72. The molecular weight excluding hydrogens is 392 g/mol. The van der Waals surface area contributed by atoms with Gasteiger partial charge in [-0.25, -0.2) is 0 Å². The molecule has 5 fully saturated rings. The fourth-order valence-corrected chi connectivity index (χ4v) is 9.86. The van der Waals surface area contributed by atoms with Crippen molar-refractivity contribution in [2.45, 2.75) is 76.2 Å². The van der Waals surface area contributed by atoms with Crippen LogP contribution in [0.5, 0.6) is 0 Å². The zero-order valence-corrected chi connectivity index (χ0v) is 19.2. The van der Waals surface area contributed by atoms with Gasteiger partial charge in [0.1, 0.15) is 0 Å². The van der Waals surface area contributed by atoms with Crippen LogP contribution in [-0.4, -0.2) is 28.0 Å². The highest BCUT2D eigenvalue weighted by atomic mass is 32.2. The number of hydrogen-bond donors (Lipinski definition) is 2. The normalized spacial score (nSPS) is 47.4. The molecule has 0 unspecified atom stereocenters. The van der Waals surface area contributed by atoms with E-state index in [1.807, 2.05) is 18.7 Å². The van der Waals surface area contributed by atoms with Crippen molar-refractivity contribution in [2.75, 3.05) is 5.75 Å². The predicted molar refractivity (Wildman–Crippen MR) is 120 cm³/mol. The molecule has 0 heterocycles. The van der Waals surface area contributed by atoms with Crippen LogP contribution in [0.25, 0.3) is 0 Å². The van der Waals surface area contributed by atoms with Gasteiger partial charge in [-0.15, -0.1) is 11.8 Å². The molecule has 6 rings (SSSR count). The van der Waals surface area contributed by atoms with Gasteiger partial charge in [0.15, 0.2) is 0 Å². The number of carboxylic acids is 1. The second-order valence-corrected chi connectivity index (χ2v) is 12.3. The van der Waals surface area contributed by atoms with Crippen LogP contribution in [-0.2, 0) is 4.79 Å². The number of aliphatic carboxylic acids is 1. The smallest absolute Gasteiger partial charge is 0.309 e. The molecule has 0 aliphatic heterocycles. The average Bonchev–Trinajstić information content (AvgIpc) is 2.74. The summed E-state index contributed by atoms with van der Waals surface area (Å²) in [6, 6.07) is 10.6. The number of aliphatic hydroxyl groups is 1. The maximum absolute atomic E-state index is 12.3. The number of carbonyl (C=O) groups is 1. The fourth-order valence-electron chi connectivity index (χ4n) is 8.67. The van der Waals surface area contributed by atoms with Crippen molar-refractivity contribution >= 4 is 17.7 Å². The quantitative estimate of drug-likeness (QED) is 0.590. The highest BCUT2D eigenvalue weighted by molar-refractivity contribution is 7.99. The molecule has 4 heteroatoms. The van der Waals surface area contributed by atoms with Crippen LogP contribution in [0, 0.1) is 39.9 Å². The molecule has 1 spiro atoms. The van der Waals surface area contributed by atoms with E-state index in [9.17, 15) is 15.0 Å². The van der Waals surface area contributed by atoms with Crippen molar-refractivity contribution in [3.63, 3.8) is 0 Å². The van der Waals surface area contributed by atoms with Gasteiger partial charge < -0.3 is 10.2 Å². The van der Waals surface area contributed by atoms with Crippen molar-refractivity contribution in [3.8, 4) is 0 Å². The molecule has 1 aromatic rings. The van der Waals surface area contributed by atoms with E-state index in [2.05, 4.69) is 37.3 Å². The van der Waals surface area contributed by atoms with Gasteiger partial charge in [-0.3, -0.25) is 4.79 Å². The van der Waals surface area contributed by atoms with Crippen molar-refractivity contribution in [2.24, 2.45) is 39.9 Å². The SMILES string of the molecule is C[C@@]12CCC[C@@](C)(C(=O)O)[C@H]1CC[C@@]13CC[C@@H](C[C@@H]21)[C@H](CSc1ccccc1)[C@H]3O. The number of hydrogen-bond acceptors (Lipinski definition) is 3. The number of benzene rings is 1. The number of rotatable bonds is 4. The lowest BCUT2D eigenvalue weighted by Crippen LogP contribution is -2.67. The maximum Gasteiger partial charge on any atom is 0.309 e. The van der Waals surface area contributed by atoms with Gasteiger partial charge in [0, 0.05) is 10.6 Å².